The van der Waals surface area contributed by atoms with E-state index in [0.717, 1.165) is 36.6 Å². The van der Waals surface area contributed by atoms with Crippen molar-refractivity contribution in [3.05, 3.63) is 24.2 Å². The third kappa shape index (κ3) is 2.22. The van der Waals surface area contributed by atoms with Crippen LogP contribution < -0.4 is 0 Å². The zero-order chi connectivity index (χ0) is 12.4. The first-order valence-corrected chi connectivity index (χ1v) is 6.89. The standard InChI is InChI=1S/C13H16ClN3O/c14-8-12-16-11-5-3-6-15-13(11)17(12)9-10-4-1-2-7-18-10/h3,5-6,10H,1-2,4,7-9H2. The topological polar surface area (TPSA) is 39.9 Å². The van der Waals surface area contributed by atoms with E-state index in [-0.39, 0.29) is 6.10 Å². The summed E-state index contributed by atoms with van der Waals surface area (Å²) >= 11 is 5.97. The molecule has 0 saturated carbocycles. The van der Waals surface area contributed by atoms with Crippen molar-refractivity contribution in [2.75, 3.05) is 6.61 Å². The zero-order valence-corrected chi connectivity index (χ0v) is 10.9. The van der Waals surface area contributed by atoms with Crippen LogP contribution in [0.5, 0.6) is 0 Å². The summed E-state index contributed by atoms with van der Waals surface area (Å²) in [6, 6.07) is 3.87. The van der Waals surface area contributed by atoms with Crippen molar-refractivity contribution < 1.29 is 4.74 Å². The van der Waals surface area contributed by atoms with E-state index in [9.17, 15) is 0 Å². The maximum atomic E-state index is 5.97. The van der Waals surface area contributed by atoms with Crippen LogP contribution in [0.2, 0.25) is 0 Å². The molecule has 0 aromatic carbocycles. The van der Waals surface area contributed by atoms with Crippen molar-refractivity contribution in [2.45, 2.75) is 37.8 Å². The highest BCUT2D eigenvalue weighted by atomic mass is 35.5. The number of imidazole rings is 1. The second-order valence-corrected chi connectivity index (χ2v) is 4.87. The molecule has 1 aliphatic heterocycles. The predicted octanol–water partition coefficient (Wildman–Crippen LogP) is 2.74. The largest absolute Gasteiger partial charge is 0.376 e. The van der Waals surface area contributed by atoms with Crippen molar-refractivity contribution in [1.82, 2.24) is 14.5 Å². The Morgan fingerprint density at radius 1 is 1.44 bits per heavy atom. The lowest BCUT2D eigenvalue weighted by molar-refractivity contribution is 0.00619. The van der Waals surface area contributed by atoms with Gasteiger partial charge in [0.1, 0.15) is 11.3 Å². The molecule has 0 radical (unpaired) electrons. The molecular weight excluding hydrogens is 250 g/mol. The van der Waals surface area contributed by atoms with Crippen LogP contribution in [0.3, 0.4) is 0 Å². The Balaban J connectivity index is 1.93. The number of ether oxygens (including phenoxy) is 1. The quantitative estimate of drug-likeness (QED) is 0.801. The number of alkyl halides is 1. The summed E-state index contributed by atoms with van der Waals surface area (Å²) in [4.78, 5) is 8.91. The molecule has 0 aliphatic carbocycles. The van der Waals surface area contributed by atoms with Crippen LogP contribution in [0.4, 0.5) is 0 Å². The lowest BCUT2D eigenvalue weighted by atomic mass is 10.1. The van der Waals surface area contributed by atoms with Crippen LogP contribution in [0.15, 0.2) is 18.3 Å². The van der Waals surface area contributed by atoms with E-state index >= 15 is 0 Å². The molecule has 2 aromatic heterocycles. The van der Waals surface area contributed by atoms with Crippen LogP contribution in [-0.2, 0) is 17.2 Å². The Morgan fingerprint density at radius 2 is 2.39 bits per heavy atom. The molecule has 1 unspecified atom stereocenters. The van der Waals surface area contributed by atoms with E-state index in [1.54, 1.807) is 6.20 Å². The van der Waals surface area contributed by atoms with Gasteiger partial charge >= 0.3 is 0 Å². The minimum absolute atomic E-state index is 0.264. The molecule has 0 N–H and O–H groups in total. The van der Waals surface area contributed by atoms with Crippen LogP contribution in [0.1, 0.15) is 25.1 Å². The summed E-state index contributed by atoms with van der Waals surface area (Å²) in [6.07, 6.45) is 5.57. The molecule has 2 aromatic rings. The average molecular weight is 266 g/mol. The normalized spacial score (nSPS) is 20.4. The van der Waals surface area contributed by atoms with Gasteiger partial charge in [0.25, 0.3) is 0 Å². The summed E-state index contributed by atoms with van der Waals surface area (Å²) in [5.41, 5.74) is 1.81. The first-order chi connectivity index (χ1) is 8.88. The first kappa shape index (κ1) is 11.9. The minimum atomic E-state index is 0.264. The van der Waals surface area contributed by atoms with Gasteiger partial charge in [0, 0.05) is 12.8 Å². The smallest absolute Gasteiger partial charge is 0.160 e. The first-order valence-electron chi connectivity index (χ1n) is 6.36. The number of fused-ring (bicyclic) bond motifs is 1. The maximum absolute atomic E-state index is 5.97. The number of rotatable bonds is 3. The summed E-state index contributed by atoms with van der Waals surface area (Å²) in [7, 11) is 0. The van der Waals surface area contributed by atoms with Crippen LogP contribution in [-0.4, -0.2) is 27.2 Å². The fraction of sp³-hybridized carbons (Fsp3) is 0.538. The SMILES string of the molecule is ClCc1nc2cccnc2n1CC1CCCCO1. The average Bonchev–Trinajstić information content (AvgIpc) is 2.78. The number of hydrogen-bond acceptors (Lipinski definition) is 3. The molecule has 96 valence electrons. The van der Waals surface area contributed by atoms with E-state index in [4.69, 9.17) is 16.3 Å². The van der Waals surface area contributed by atoms with E-state index in [0.29, 0.717) is 5.88 Å². The van der Waals surface area contributed by atoms with E-state index < -0.39 is 0 Å². The molecular formula is C13H16ClN3O. The highest BCUT2D eigenvalue weighted by Gasteiger charge is 2.18. The number of hydrogen-bond donors (Lipinski definition) is 0. The van der Waals surface area contributed by atoms with Gasteiger partial charge in [-0.1, -0.05) is 0 Å². The molecule has 3 heterocycles. The van der Waals surface area contributed by atoms with Gasteiger partial charge in [0.15, 0.2) is 5.65 Å². The lowest BCUT2D eigenvalue weighted by Gasteiger charge is -2.23. The summed E-state index contributed by atoms with van der Waals surface area (Å²) < 4.78 is 7.88. The van der Waals surface area contributed by atoms with E-state index in [2.05, 4.69) is 14.5 Å². The molecule has 0 amide bonds. The molecule has 3 rings (SSSR count). The highest BCUT2D eigenvalue weighted by molar-refractivity contribution is 6.16. The van der Waals surface area contributed by atoms with Gasteiger partial charge in [-0.05, 0) is 31.4 Å². The van der Waals surface area contributed by atoms with Crippen molar-refractivity contribution in [2.24, 2.45) is 0 Å². The molecule has 1 saturated heterocycles. The molecule has 0 bridgehead atoms. The van der Waals surface area contributed by atoms with E-state index in [1.165, 1.54) is 12.8 Å². The molecule has 1 aliphatic rings. The number of aromatic nitrogens is 3. The maximum Gasteiger partial charge on any atom is 0.160 e. The van der Waals surface area contributed by atoms with Gasteiger partial charge < -0.3 is 9.30 Å². The van der Waals surface area contributed by atoms with Crippen LogP contribution in [0.25, 0.3) is 11.2 Å². The van der Waals surface area contributed by atoms with Crippen LogP contribution >= 0.6 is 11.6 Å². The van der Waals surface area contributed by atoms with Crippen molar-refractivity contribution in [3.8, 4) is 0 Å². The second-order valence-electron chi connectivity index (χ2n) is 4.61. The fourth-order valence-electron chi connectivity index (χ4n) is 2.45. The Bertz CT molecular complexity index is 534. The molecule has 18 heavy (non-hydrogen) atoms. The molecule has 5 heteroatoms. The van der Waals surface area contributed by atoms with Gasteiger partial charge in [-0.15, -0.1) is 11.6 Å². The second kappa shape index (κ2) is 5.24. The Hall–Kier alpha value is -1.13. The van der Waals surface area contributed by atoms with Crippen molar-refractivity contribution >= 4 is 22.8 Å². The minimum Gasteiger partial charge on any atom is -0.376 e. The van der Waals surface area contributed by atoms with Gasteiger partial charge in [-0.3, -0.25) is 0 Å². The molecule has 4 nitrogen and oxygen atoms in total. The van der Waals surface area contributed by atoms with Crippen molar-refractivity contribution in [1.29, 1.82) is 0 Å². The summed E-state index contributed by atoms with van der Waals surface area (Å²) in [5, 5.41) is 0. The zero-order valence-electron chi connectivity index (χ0n) is 10.2. The molecule has 0 spiro atoms. The Kier molecular flexibility index (Phi) is 3.48. The molecule has 1 atom stereocenters. The van der Waals surface area contributed by atoms with Crippen LogP contribution in [0, 0.1) is 0 Å². The number of pyridine rings is 1. The summed E-state index contributed by atoms with van der Waals surface area (Å²) in [5.74, 6) is 1.28. The van der Waals surface area contributed by atoms with Gasteiger partial charge in [-0.2, -0.15) is 0 Å². The number of nitrogens with zero attached hydrogens (tertiary/aromatic N) is 3. The third-order valence-electron chi connectivity index (χ3n) is 3.36. The Labute approximate surface area is 111 Å². The fourth-order valence-corrected chi connectivity index (χ4v) is 2.66. The van der Waals surface area contributed by atoms with Gasteiger partial charge in [0.2, 0.25) is 0 Å². The third-order valence-corrected chi connectivity index (χ3v) is 3.60. The van der Waals surface area contributed by atoms with E-state index in [1.807, 2.05) is 12.1 Å². The van der Waals surface area contributed by atoms with Crippen molar-refractivity contribution in [3.63, 3.8) is 0 Å². The Morgan fingerprint density at radius 3 is 3.17 bits per heavy atom. The summed E-state index contributed by atoms with van der Waals surface area (Å²) in [6.45, 7) is 1.66. The number of halogens is 1. The molecule has 1 fully saturated rings. The predicted molar refractivity (Wildman–Crippen MR) is 70.7 cm³/mol. The monoisotopic (exact) mass is 265 g/mol. The van der Waals surface area contributed by atoms with Gasteiger partial charge in [-0.25, -0.2) is 9.97 Å². The van der Waals surface area contributed by atoms with Gasteiger partial charge in [0.05, 0.1) is 18.5 Å². The lowest BCUT2D eigenvalue weighted by Crippen LogP contribution is -2.25. The highest BCUT2D eigenvalue weighted by Crippen LogP contribution is 2.20.